The highest BCUT2D eigenvalue weighted by Gasteiger charge is 2.32. The first-order chi connectivity index (χ1) is 14.3. The largest absolute Gasteiger partial charge is 0.384 e. The highest BCUT2D eigenvalue weighted by Crippen LogP contribution is 2.23. The van der Waals surface area contributed by atoms with Crippen molar-refractivity contribution >= 4 is 32.5 Å². The lowest BCUT2D eigenvalue weighted by Gasteiger charge is -2.33. The molecule has 0 saturated carbocycles. The van der Waals surface area contributed by atoms with E-state index in [0.717, 1.165) is 16.3 Å². The van der Waals surface area contributed by atoms with Crippen LogP contribution < -0.4 is 5.73 Å². The topological polar surface area (TPSA) is 108 Å². The van der Waals surface area contributed by atoms with Gasteiger partial charge in [-0.15, -0.1) is 0 Å². The monoisotopic (exact) mass is 422 g/mol. The predicted octanol–water partition coefficient (Wildman–Crippen LogP) is 2.16. The van der Waals surface area contributed by atoms with Crippen LogP contribution in [0.25, 0.3) is 10.8 Å². The number of amides is 1. The lowest BCUT2D eigenvalue weighted by atomic mass is 10.1. The quantitative estimate of drug-likeness (QED) is 0.485. The third kappa shape index (κ3) is 3.92. The Morgan fingerprint density at radius 3 is 2.47 bits per heavy atom. The van der Waals surface area contributed by atoms with E-state index in [9.17, 15) is 13.2 Å². The minimum Gasteiger partial charge on any atom is -0.384 e. The number of rotatable bonds is 5. The number of hydrogen-bond donors (Lipinski definition) is 2. The van der Waals surface area contributed by atoms with Crippen LogP contribution in [0.1, 0.15) is 11.1 Å². The molecule has 0 aliphatic carbocycles. The molecule has 1 aliphatic rings. The van der Waals surface area contributed by atoms with Crippen molar-refractivity contribution in [3.63, 3.8) is 0 Å². The van der Waals surface area contributed by atoms with Crippen molar-refractivity contribution in [1.29, 1.82) is 5.41 Å². The smallest absolute Gasteiger partial charge is 0.243 e. The molecule has 7 nitrogen and oxygen atoms in total. The zero-order chi connectivity index (χ0) is 21.3. The summed E-state index contributed by atoms with van der Waals surface area (Å²) >= 11 is 0. The highest BCUT2D eigenvalue weighted by atomic mass is 32.2. The molecule has 154 valence electrons. The second-order valence-corrected chi connectivity index (χ2v) is 9.21. The number of sulfonamides is 1. The molecule has 3 aromatic rings. The molecule has 3 N–H and O–H groups in total. The third-order valence-electron chi connectivity index (χ3n) is 5.25. The van der Waals surface area contributed by atoms with Crippen molar-refractivity contribution in [2.45, 2.75) is 11.4 Å². The van der Waals surface area contributed by atoms with Gasteiger partial charge in [-0.25, -0.2) is 8.42 Å². The standard InChI is InChI=1S/C22H22N4O3S/c23-22(24)19-7-3-4-16(12-19)14-25-10-11-26(15-21(25)27)30(28,29)20-9-8-17-5-1-2-6-18(17)13-20/h1-9,12-13H,10-11,14-15H2,(H3,23,24). The molecule has 30 heavy (non-hydrogen) atoms. The number of nitrogen functional groups attached to an aromatic ring is 1. The molecule has 1 fully saturated rings. The number of nitrogens with zero attached hydrogens (tertiary/aromatic N) is 2. The number of carbonyl (C=O) groups is 1. The maximum absolute atomic E-state index is 13.1. The first-order valence-corrected chi connectivity index (χ1v) is 11.0. The summed E-state index contributed by atoms with van der Waals surface area (Å²) in [6.07, 6.45) is 0. The fourth-order valence-electron chi connectivity index (χ4n) is 3.59. The molecule has 1 heterocycles. The van der Waals surface area contributed by atoms with Gasteiger partial charge in [0, 0.05) is 25.2 Å². The molecule has 1 amide bonds. The van der Waals surface area contributed by atoms with E-state index in [4.69, 9.17) is 11.1 Å². The van der Waals surface area contributed by atoms with Gasteiger partial charge in [-0.1, -0.05) is 48.5 Å². The summed E-state index contributed by atoms with van der Waals surface area (Å²) in [5, 5.41) is 9.35. The minimum atomic E-state index is -3.76. The van der Waals surface area contributed by atoms with Gasteiger partial charge in [0.2, 0.25) is 15.9 Å². The zero-order valence-corrected chi connectivity index (χ0v) is 17.1. The Kier molecular flexibility index (Phi) is 5.27. The molecule has 0 aromatic heterocycles. The normalized spacial score (nSPS) is 15.5. The van der Waals surface area contributed by atoms with Gasteiger partial charge in [0.1, 0.15) is 5.84 Å². The second kappa shape index (κ2) is 7.89. The van der Waals surface area contributed by atoms with Gasteiger partial charge in [0.05, 0.1) is 11.4 Å². The van der Waals surface area contributed by atoms with Crippen LogP contribution in [-0.2, 0) is 21.4 Å². The molecule has 4 rings (SSSR count). The van der Waals surface area contributed by atoms with Gasteiger partial charge in [-0.3, -0.25) is 10.2 Å². The summed E-state index contributed by atoms with van der Waals surface area (Å²) in [4.78, 5) is 14.5. The minimum absolute atomic E-state index is 0.0329. The maximum Gasteiger partial charge on any atom is 0.243 e. The lowest BCUT2D eigenvalue weighted by Crippen LogP contribution is -2.51. The van der Waals surface area contributed by atoms with Crippen LogP contribution in [0.15, 0.2) is 71.6 Å². The van der Waals surface area contributed by atoms with Crippen LogP contribution in [0.5, 0.6) is 0 Å². The van der Waals surface area contributed by atoms with E-state index in [1.165, 1.54) is 4.31 Å². The Morgan fingerprint density at radius 1 is 0.967 bits per heavy atom. The number of carbonyl (C=O) groups excluding carboxylic acids is 1. The zero-order valence-electron chi connectivity index (χ0n) is 16.3. The number of nitrogens with one attached hydrogen (secondary N) is 1. The summed E-state index contributed by atoms with van der Waals surface area (Å²) in [5.74, 6) is -0.284. The van der Waals surface area contributed by atoms with Crippen LogP contribution in [-0.4, -0.2) is 49.0 Å². The third-order valence-corrected chi connectivity index (χ3v) is 7.09. The highest BCUT2D eigenvalue weighted by molar-refractivity contribution is 7.89. The summed E-state index contributed by atoms with van der Waals surface area (Å²) < 4.78 is 27.4. The molecule has 1 aliphatic heterocycles. The number of fused-ring (bicyclic) bond motifs is 1. The Labute approximate surface area is 175 Å². The van der Waals surface area contributed by atoms with Crippen molar-refractivity contribution in [2.75, 3.05) is 19.6 Å². The fourth-order valence-corrected chi connectivity index (χ4v) is 5.01. The van der Waals surface area contributed by atoms with Crippen molar-refractivity contribution in [3.05, 3.63) is 77.9 Å². The summed E-state index contributed by atoms with van der Waals surface area (Å²) in [6, 6.07) is 19.7. The molecule has 0 atom stereocenters. The number of piperazine rings is 1. The number of benzene rings is 3. The van der Waals surface area contributed by atoms with Gasteiger partial charge in [-0.05, 0) is 34.5 Å². The number of hydrogen-bond acceptors (Lipinski definition) is 4. The van der Waals surface area contributed by atoms with Gasteiger partial charge >= 0.3 is 0 Å². The Morgan fingerprint density at radius 2 is 1.73 bits per heavy atom. The molecule has 0 spiro atoms. The van der Waals surface area contributed by atoms with E-state index in [1.54, 1.807) is 41.3 Å². The SMILES string of the molecule is N=C(N)c1cccc(CN2CCN(S(=O)(=O)c3ccc4ccccc4c3)CC2=O)c1. The van der Waals surface area contributed by atoms with E-state index in [2.05, 4.69) is 0 Å². The lowest BCUT2D eigenvalue weighted by molar-refractivity contribution is -0.134. The number of amidine groups is 1. The average Bonchev–Trinajstić information content (AvgIpc) is 2.75. The molecule has 0 radical (unpaired) electrons. The van der Waals surface area contributed by atoms with Gasteiger partial charge in [0.15, 0.2) is 0 Å². The number of nitrogens with two attached hydrogens (primary N) is 1. The summed E-state index contributed by atoms with van der Waals surface area (Å²) in [5.41, 5.74) is 6.97. The van der Waals surface area contributed by atoms with Crippen molar-refractivity contribution in [2.24, 2.45) is 5.73 Å². The van der Waals surface area contributed by atoms with E-state index in [0.29, 0.717) is 18.7 Å². The van der Waals surface area contributed by atoms with E-state index in [1.807, 2.05) is 30.3 Å². The second-order valence-electron chi connectivity index (χ2n) is 7.28. The van der Waals surface area contributed by atoms with Crippen molar-refractivity contribution < 1.29 is 13.2 Å². The molecular weight excluding hydrogens is 400 g/mol. The van der Waals surface area contributed by atoms with E-state index in [-0.39, 0.29) is 29.7 Å². The summed E-state index contributed by atoms with van der Waals surface area (Å²) in [6.45, 7) is 0.689. The summed E-state index contributed by atoms with van der Waals surface area (Å²) in [7, 11) is -3.76. The predicted molar refractivity (Wildman–Crippen MR) is 116 cm³/mol. The first-order valence-electron chi connectivity index (χ1n) is 9.55. The molecule has 3 aromatic carbocycles. The molecule has 0 unspecified atom stereocenters. The van der Waals surface area contributed by atoms with E-state index >= 15 is 0 Å². The molecule has 8 heteroatoms. The van der Waals surface area contributed by atoms with Crippen molar-refractivity contribution in [1.82, 2.24) is 9.21 Å². The molecular formula is C22H22N4O3S. The van der Waals surface area contributed by atoms with Crippen LogP contribution in [0.3, 0.4) is 0 Å². The average molecular weight is 423 g/mol. The Hall–Kier alpha value is -3.23. The fraction of sp³-hybridized carbons (Fsp3) is 0.182. The van der Waals surface area contributed by atoms with Gasteiger partial charge in [-0.2, -0.15) is 4.31 Å². The molecule has 0 bridgehead atoms. The Balaban J connectivity index is 1.49. The van der Waals surface area contributed by atoms with Gasteiger partial charge < -0.3 is 10.6 Å². The first kappa shape index (κ1) is 20.1. The van der Waals surface area contributed by atoms with Gasteiger partial charge in [0.25, 0.3) is 0 Å². The van der Waals surface area contributed by atoms with Crippen LogP contribution in [0.2, 0.25) is 0 Å². The van der Waals surface area contributed by atoms with E-state index < -0.39 is 10.0 Å². The molecule has 1 saturated heterocycles. The van der Waals surface area contributed by atoms with Crippen LogP contribution in [0, 0.1) is 5.41 Å². The Bertz CT molecular complexity index is 1240. The van der Waals surface area contributed by atoms with Crippen molar-refractivity contribution in [3.8, 4) is 0 Å². The van der Waals surface area contributed by atoms with Crippen LogP contribution in [0.4, 0.5) is 0 Å². The van der Waals surface area contributed by atoms with Crippen LogP contribution >= 0.6 is 0 Å². The maximum atomic E-state index is 13.1.